The van der Waals surface area contributed by atoms with E-state index in [0.29, 0.717) is 17.6 Å². The number of piperidine rings is 1. The summed E-state index contributed by atoms with van der Waals surface area (Å²) in [7, 11) is -2.57. The Balaban J connectivity index is 1.67. The first-order chi connectivity index (χ1) is 16.6. The number of esters is 1. The number of hydrogen-bond acceptors (Lipinski definition) is 6. The number of aromatic nitrogens is 1. The number of hydrogen-bond donors (Lipinski definition) is 0. The second-order valence-corrected chi connectivity index (χ2v) is 11.5. The smallest absolute Gasteiger partial charge is 0.325 e. The third-order valence-electron chi connectivity index (χ3n) is 6.02. The first-order valence-corrected chi connectivity index (χ1v) is 13.4. The van der Waals surface area contributed by atoms with Crippen LogP contribution in [0.4, 0.5) is 4.39 Å². The number of thiazole rings is 1. The second kappa shape index (κ2) is 10.00. The third-order valence-corrected chi connectivity index (χ3v) is 9.13. The molecule has 4 rings (SSSR count). The van der Waals surface area contributed by atoms with Gasteiger partial charge in [0.1, 0.15) is 12.4 Å². The van der Waals surface area contributed by atoms with Crippen molar-refractivity contribution in [2.75, 3.05) is 20.2 Å². The Bertz CT molecular complexity index is 1460. The summed E-state index contributed by atoms with van der Waals surface area (Å²) < 4.78 is 48.0. The minimum Gasteiger partial charge on any atom is -0.468 e. The minimum absolute atomic E-state index is 0.0118. The highest BCUT2D eigenvalue weighted by Crippen LogP contribution is 2.26. The highest BCUT2D eigenvalue weighted by atomic mass is 32.2. The van der Waals surface area contributed by atoms with Crippen molar-refractivity contribution in [3.05, 3.63) is 58.1 Å². The maximum absolute atomic E-state index is 13.3. The fraction of sp³-hybridized carbons (Fsp3) is 0.375. The van der Waals surface area contributed by atoms with Crippen LogP contribution in [0.1, 0.15) is 24.0 Å². The highest BCUT2D eigenvalue weighted by Gasteiger charge is 2.33. The summed E-state index contributed by atoms with van der Waals surface area (Å²) in [5.41, 5.74) is 2.80. The van der Waals surface area contributed by atoms with Gasteiger partial charge in [0.05, 0.1) is 28.1 Å². The van der Waals surface area contributed by atoms with Crippen molar-refractivity contribution in [3.63, 3.8) is 0 Å². The molecule has 1 fully saturated rings. The van der Waals surface area contributed by atoms with E-state index in [1.54, 1.807) is 4.57 Å². The molecule has 3 aromatic rings. The van der Waals surface area contributed by atoms with E-state index in [1.165, 1.54) is 34.9 Å². The number of amides is 1. The molecule has 8 nitrogen and oxygen atoms in total. The number of sulfonamides is 1. The van der Waals surface area contributed by atoms with Gasteiger partial charge in [0.15, 0.2) is 4.80 Å². The molecule has 0 N–H and O–H groups in total. The number of benzene rings is 2. The molecule has 0 radical (unpaired) electrons. The van der Waals surface area contributed by atoms with Crippen molar-refractivity contribution in [1.29, 1.82) is 0 Å². The minimum atomic E-state index is -3.87. The van der Waals surface area contributed by atoms with E-state index in [1.807, 2.05) is 26.0 Å². The number of ether oxygens (including phenoxy) is 1. The molecule has 1 atom stereocenters. The summed E-state index contributed by atoms with van der Waals surface area (Å²) in [5, 5.41) is 0. The Hall–Kier alpha value is -2.89. The molecular formula is C24H26FN3O5S2. The van der Waals surface area contributed by atoms with Crippen LogP contribution < -0.4 is 4.80 Å². The number of nitrogens with zero attached hydrogens (tertiary/aromatic N) is 3. The largest absolute Gasteiger partial charge is 0.468 e. The molecule has 1 aliphatic heterocycles. The average molecular weight is 520 g/mol. The van der Waals surface area contributed by atoms with E-state index in [9.17, 15) is 22.4 Å². The molecule has 0 bridgehead atoms. The summed E-state index contributed by atoms with van der Waals surface area (Å²) in [6, 6.07) is 8.59. The van der Waals surface area contributed by atoms with Crippen LogP contribution in [0.15, 0.2) is 46.3 Å². The zero-order valence-corrected chi connectivity index (χ0v) is 21.3. The number of carbonyl (C=O) groups is 2. The fourth-order valence-corrected chi connectivity index (χ4v) is 6.86. The molecule has 1 aromatic heterocycles. The van der Waals surface area contributed by atoms with Crippen LogP contribution in [0.2, 0.25) is 0 Å². The first-order valence-electron chi connectivity index (χ1n) is 11.1. The molecular weight excluding hydrogens is 493 g/mol. The number of methoxy groups -OCH3 is 1. The van der Waals surface area contributed by atoms with Crippen LogP contribution in [-0.4, -0.2) is 49.4 Å². The Morgan fingerprint density at radius 3 is 2.60 bits per heavy atom. The van der Waals surface area contributed by atoms with Gasteiger partial charge in [-0.2, -0.15) is 9.30 Å². The quantitative estimate of drug-likeness (QED) is 0.483. The Labute approximate surface area is 206 Å². The van der Waals surface area contributed by atoms with Gasteiger partial charge in [-0.25, -0.2) is 12.8 Å². The second-order valence-electron chi connectivity index (χ2n) is 8.58. The predicted molar refractivity (Wildman–Crippen MR) is 130 cm³/mol. The molecule has 1 unspecified atom stereocenters. The van der Waals surface area contributed by atoms with Crippen molar-refractivity contribution in [3.8, 4) is 0 Å². The van der Waals surface area contributed by atoms with E-state index in [0.717, 1.165) is 33.5 Å². The molecule has 1 saturated heterocycles. The van der Waals surface area contributed by atoms with Crippen LogP contribution in [0.5, 0.6) is 0 Å². The van der Waals surface area contributed by atoms with Crippen LogP contribution >= 0.6 is 11.3 Å². The van der Waals surface area contributed by atoms with E-state index >= 15 is 0 Å². The molecule has 11 heteroatoms. The van der Waals surface area contributed by atoms with E-state index in [2.05, 4.69) is 4.99 Å². The lowest BCUT2D eigenvalue weighted by Crippen LogP contribution is -2.42. The average Bonchev–Trinajstić information content (AvgIpc) is 3.16. The molecule has 35 heavy (non-hydrogen) atoms. The molecule has 1 amide bonds. The monoisotopic (exact) mass is 519 g/mol. The molecule has 2 heterocycles. The van der Waals surface area contributed by atoms with Gasteiger partial charge in [-0.3, -0.25) is 9.59 Å². The van der Waals surface area contributed by atoms with Gasteiger partial charge in [0, 0.05) is 13.1 Å². The third kappa shape index (κ3) is 5.21. The lowest BCUT2D eigenvalue weighted by Gasteiger charge is -2.30. The van der Waals surface area contributed by atoms with Crippen molar-refractivity contribution in [2.24, 2.45) is 10.9 Å². The molecule has 186 valence electrons. The van der Waals surface area contributed by atoms with E-state index in [4.69, 9.17) is 4.74 Å². The Morgan fingerprint density at radius 2 is 1.91 bits per heavy atom. The van der Waals surface area contributed by atoms with E-state index in [-0.39, 0.29) is 24.5 Å². The number of rotatable bonds is 5. The maximum Gasteiger partial charge on any atom is 0.325 e. The molecule has 0 saturated carbocycles. The zero-order chi connectivity index (χ0) is 25.3. The van der Waals surface area contributed by atoms with Crippen LogP contribution in [0.3, 0.4) is 0 Å². The number of carbonyl (C=O) groups excluding carboxylic acids is 2. The highest BCUT2D eigenvalue weighted by molar-refractivity contribution is 7.89. The summed E-state index contributed by atoms with van der Waals surface area (Å²) in [5.74, 6) is -2.06. The summed E-state index contributed by atoms with van der Waals surface area (Å²) in [4.78, 5) is 30.0. The Morgan fingerprint density at radius 1 is 1.20 bits per heavy atom. The molecule has 2 aromatic carbocycles. The molecule has 0 spiro atoms. The van der Waals surface area contributed by atoms with Crippen LogP contribution in [0.25, 0.3) is 10.2 Å². The summed E-state index contributed by atoms with van der Waals surface area (Å²) in [6.07, 6.45) is 0.997. The topological polar surface area (TPSA) is 98.0 Å². The Kier molecular flexibility index (Phi) is 7.20. The normalized spacial score (nSPS) is 17.6. The standard InChI is InChI=1S/C24H26FN3O5S2/c1-15-11-16(2)22-20(12-15)28(14-21(29)33-3)24(34-22)26-23(30)17-5-4-10-27(13-17)35(31,32)19-8-6-18(25)7-9-19/h6-9,11-12,17H,4-5,10,13-14H2,1-3H3. The predicted octanol–water partition coefficient (Wildman–Crippen LogP) is 3.16. The van der Waals surface area contributed by atoms with Crippen molar-refractivity contribution < 1.29 is 27.1 Å². The SMILES string of the molecule is COC(=O)Cn1c(=NC(=O)C2CCCN(S(=O)(=O)c3ccc(F)cc3)C2)sc2c(C)cc(C)cc21. The first kappa shape index (κ1) is 25.2. The van der Waals surface area contributed by atoms with Crippen molar-refractivity contribution >= 4 is 43.5 Å². The summed E-state index contributed by atoms with van der Waals surface area (Å²) in [6.45, 7) is 4.07. The van der Waals surface area contributed by atoms with Crippen LogP contribution in [-0.2, 0) is 30.9 Å². The van der Waals surface area contributed by atoms with Gasteiger partial charge in [0.25, 0.3) is 5.91 Å². The van der Waals surface area contributed by atoms with Gasteiger partial charge < -0.3 is 9.30 Å². The number of fused-ring (bicyclic) bond motifs is 1. The molecule has 0 aliphatic carbocycles. The van der Waals surface area contributed by atoms with Crippen LogP contribution in [0, 0.1) is 25.6 Å². The lowest BCUT2D eigenvalue weighted by atomic mass is 9.99. The van der Waals surface area contributed by atoms with Gasteiger partial charge in [-0.15, -0.1) is 0 Å². The van der Waals surface area contributed by atoms with Crippen molar-refractivity contribution in [1.82, 2.24) is 8.87 Å². The van der Waals surface area contributed by atoms with Gasteiger partial charge in [-0.1, -0.05) is 17.4 Å². The summed E-state index contributed by atoms with van der Waals surface area (Å²) >= 11 is 1.31. The maximum atomic E-state index is 13.3. The number of aryl methyl sites for hydroxylation is 2. The molecule has 1 aliphatic rings. The van der Waals surface area contributed by atoms with Gasteiger partial charge in [-0.05, 0) is 68.1 Å². The fourth-order valence-electron chi connectivity index (χ4n) is 4.25. The zero-order valence-electron chi connectivity index (χ0n) is 19.7. The van der Waals surface area contributed by atoms with E-state index < -0.39 is 33.6 Å². The van der Waals surface area contributed by atoms with Gasteiger partial charge >= 0.3 is 5.97 Å². The number of halogens is 1. The van der Waals surface area contributed by atoms with Gasteiger partial charge in [0.2, 0.25) is 10.0 Å². The lowest BCUT2D eigenvalue weighted by molar-refractivity contribution is -0.141. The van der Waals surface area contributed by atoms with Crippen molar-refractivity contribution in [2.45, 2.75) is 38.1 Å².